The highest BCUT2D eigenvalue weighted by Gasteiger charge is 2.19. The summed E-state index contributed by atoms with van der Waals surface area (Å²) in [5.74, 6) is 0.620. The minimum absolute atomic E-state index is 0.0772. The van der Waals surface area contributed by atoms with Crippen LogP contribution in [0.4, 0.5) is 10.5 Å². The SMILES string of the molecule is Cc1cc(N2CCCN(C(=O)NCCC(C)C)CC2)ccn1. The lowest BCUT2D eigenvalue weighted by molar-refractivity contribution is 0.201. The first-order valence-corrected chi connectivity index (χ1v) is 8.26. The Bertz CT molecular complexity index is 489. The van der Waals surface area contributed by atoms with Crippen LogP contribution < -0.4 is 10.2 Å². The van der Waals surface area contributed by atoms with Crippen LogP contribution in [0.3, 0.4) is 0 Å². The van der Waals surface area contributed by atoms with Crippen molar-refractivity contribution in [1.82, 2.24) is 15.2 Å². The van der Waals surface area contributed by atoms with Crippen molar-refractivity contribution in [3.05, 3.63) is 24.0 Å². The molecule has 0 atom stereocenters. The maximum absolute atomic E-state index is 12.2. The summed E-state index contributed by atoms with van der Waals surface area (Å²) in [6, 6.07) is 4.23. The molecule has 1 aliphatic rings. The number of aryl methyl sites for hydroxylation is 1. The van der Waals surface area contributed by atoms with Gasteiger partial charge in [-0.2, -0.15) is 0 Å². The topological polar surface area (TPSA) is 48.5 Å². The third-order valence-corrected chi connectivity index (χ3v) is 4.03. The second-order valence-corrected chi connectivity index (χ2v) is 6.40. The Balaban J connectivity index is 1.85. The van der Waals surface area contributed by atoms with Crippen molar-refractivity contribution in [1.29, 1.82) is 0 Å². The molecule has 1 saturated heterocycles. The summed E-state index contributed by atoms with van der Waals surface area (Å²) in [6.45, 7) is 10.6. The van der Waals surface area contributed by atoms with Crippen LogP contribution in [0.1, 0.15) is 32.4 Å². The van der Waals surface area contributed by atoms with Gasteiger partial charge in [0, 0.05) is 50.3 Å². The fourth-order valence-electron chi connectivity index (χ4n) is 2.69. The summed E-state index contributed by atoms with van der Waals surface area (Å²) in [7, 11) is 0. The smallest absolute Gasteiger partial charge is 0.317 e. The van der Waals surface area contributed by atoms with Gasteiger partial charge >= 0.3 is 6.03 Å². The molecule has 0 unspecified atom stereocenters. The third-order valence-electron chi connectivity index (χ3n) is 4.03. The van der Waals surface area contributed by atoms with Gasteiger partial charge < -0.3 is 15.1 Å². The fraction of sp³-hybridized carbons (Fsp3) is 0.647. The van der Waals surface area contributed by atoms with E-state index < -0.39 is 0 Å². The second kappa shape index (κ2) is 8.01. The Hall–Kier alpha value is -1.78. The van der Waals surface area contributed by atoms with Crippen molar-refractivity contribution in [2.24, 2.45) is 5.92 Å². The molecular formula is C17H28N4O. The number of carbonyl (C=O) groups is 1. The molecule has 0 aliphatic carbocycles. The van der Waals surface area contributed by atoms with E-state index in [0.29, 0.717) is 5.92 Å². The van der Waals surface area contributed by atoms with Gasteiger partial charge in [0.2, 0.25) is 0 Å². The van der Waals surface area contributed by atoms with E-state index in [1.165, 1.54) is 5.69 Å². The van der Waals surface area contributed by atoms with Gasteiger partial charge in [-0.1, -0.05) is 13.8 Å². The summed E-state index contributed by atoms with van der Waals surface area (Å²) in [5, 5.41) is 3.03. The number of hydrogen-bond donors (Lipinski definition) is 1. The molecule has 22 heavy (non-hydrogen) atoms. The number of carbonyl (C=O) groups excluding carboxylic acids is 1. The molecule has 5 heteroatoms. The van der Waals surface area contributed by atoms with Crippen LogP contribution in [0.15, 0.2) is 18.3 Å². The Morgan fingerprint density at radius 1 is 1.32 bits per heavy atom. The normalized spacial score (nSPS) is 15.8. The van der Waals surface area contributed by atoms with E-state index in [4.69, 9.17) is 0 Å². The average Bonchev–Trinajstić information content (AvgIpc) is 2.72. The molecule has 1 fully saturated rings. The number of nitrogens with one attached hydrogen (secondary N) is 1. The molecule has 2 amide bonds. The molecular weight excluding hydrogens is 276 g/mol. The summed E-state index contributed by atoms with van der Waals surface area (Å²) in [6.07, 6.45) is 3.88. The van der Waals surface area contributed by atoms with Crippen LogP contribution in [-0.4, -0.2) is 48.6 Å². The molecule has 2 heterocycles. The van der Waals surface area contributed by atoms with E-state index in [0.717, 1.165) is 51.3 Å². The zero-order chi connectivity index (χ0) is 15.9. The Morgan fingerprint density at radius 3 is 2.86 bits per heavy atom. The molecule has 0 bridgehead atoms. The molecule has 122 valence electrons. The first kappa shape index (κ1) is 16.6. The van der Waals surface area contributed by atoms with E-state index in [-0.39, 0.29) is 6.03 Å². The monoisotopic (exact) mass is 304 g/mol. The molecule has 1 aromatic heterocycles. The number of pyridine rings is 1. The van der Waals surface area contributed by atoms with E-state index in [1.807, 2.05) is 24.1 Å². The van der Waals surface area contributed by atoms with Gasteiger partial charge in [-0.05, 0) is 37.8 Å². The molecule has 5 nitrogen and oxygen atoms in total. The lowest BCUT2D eigenvalue weighted by Crippen LogP contribution is -2.42. The van der Waals surface area contributed by atoms with E-state index in [9.17, 15) is 4.79 Å². The molecule has 1 N–H and O–H groups in total. The number of anilines is 1. The van der Waals surface area contributed by atoms with Crippen molar-refractivity contribution in [2.45, 2.75) is 33.6 Å². The van der Waals surface area contributed by atoms with Crippen LogP contribution in [0.25, 0.3) is 0 Å². The molecule has 1 aromatic rings. The Kier molecular flexibility index (Phi) is 6.04. The van der Waals surface area contributed by atoms with Crippen LogP contribution in [-0.2, 0) is 0 Å². The van der Waals surface area contributed by atoms with Crippen LogP contribution in [0.2, 0.25) is 0 Å². The quantitative estimate of drug-likeness (QED) is 0.930. The highest BCUT2D eigenvalue weighted by atomic mass is 16.2. The fourth-order valence-corrected chi connectivity index (χ4v) is 2.69. The standard InChI is InChI=1S/C17H28N4O/c1-14(2)5-7-19-17(22)21-10-4-9-20(11-12-21)16-6-8-18-15(3)13-16/h6,8,13-14H,4-5,7,9-12H2,1-3H3,(H,19,22). The predicted octanol–water partition coefficient (Wildman–Crippen LogP) is 2.66. The lowest BCUT2D eigenvalue weighted by atomic mass is 10.1. The van der Waals surface area contributed by atoms with Gasteiger partial charge in [-0.25, -0.2) is 4.79 Å². The van der Waals surface area contributed by atoms with Crippen molar-refractivity contribution in [3.8, 4) is 0 Å². The first-order chi connectivity index (χ1) is 10.6. The third kappa shape index (κ3) is 4.90. The van der Waals surface area contributed by atoms with Gasteiger partial charge in [0.1, 0.15) is 0 Å². The second-order valence-electron chi connectivity index (χ2n) is 6.40. The number of urea groups is 1. The zero-order valence-corrected chi connectivity index (χ0v) is 14.0. The van der Waals surface area contributed by atoms with Crippen LogP contribution >= 0.6 is 0 Å². The van der Waals surface area contributed by atoms with Gasteiger partial charge in [0.05, 0.1) is 0 Å². The maximum Gasteiger partial charge on any atom is 0.317 e. The van der Waals surface area contributed by atoms with E-state index >= 15 is 0 Å². The number of nitrogens with zero attached hydrogens (tertiary/aromatic N) is 3. The summed E-state index contributed by atoms with van der Waals surface area (Å²) >= 11 is 0. The molecule has 0 saturated carbocycles. The van der Waals surface area contributed by atoms with Crippen LogP contribution in [0, 0.1) is 12.8 Å². The Labute approximate surface area is 133 Å². The molecule has 0 radical (unpaired) electrons. The summed E-state index contributed by atoms with van der Waals surface area (Å²) in [5.41, 5.74) is 2.24. The number of amides is 2. The highest BCUT2D eigenvalue weighted by molar-refractivity contribution is 5.74. The van der Waals surface area contributed by atoms with Crippen LogP contribution in [0.5, 0.6) is 0 Å². The number of rotatable bonds is 4. The predicted molar refractivity (Wildman–Crippen MR) is 90.2 cm³/mol. The first-order valence-electron chi connectivity index (χ1n) is 8.26. The van der Waals surface area contributed by atoms with Gasteiger partial charge in [-0.3, -0.25) is 4.98 Å². The molecule has 2 rings (SSSR count). The van der Waals surface area contributed by atoms with Gasteiger partial charge in [-0.15, -0.1) is 0 Å². The Morgan fingerprint density at radius 2 is 2.14 bits per heavy atom. The average molecular weight is 304 g/mol. The lowest BCUT2D eigenvalue weighted by Gasteiger charge is -2.24. The van der Waals surface area contributed by atoms with Crippen molar-refractivity contribution < 1.29 is 4.79 Å². The van der Waals surface area contributed by atoms with Gasteiger partial charge in [0.15, 0.2) is 0 Å². The van der Waals surface area contributed by atoms with Crippen molar-refractivity contribution in [2.75, 3.05) is 37.6 Å². The minimum atomic E-state index is 0.0772. The number of hydrogen-bond acceptors (Lipinski definition) is 3. The van der Waals surface area contributed by atoms with E-state index in [1.54, 1.807) is 0 Å². The maximum atomic E-state index is 12.2. The highest BCUT2D eigenvalue weighted by Crippen LogP contribution is 2.16. The molecule has 1 aliphatic heterocycles. The largest absolute Gasteiger partial charge is 0.370 e. The summed E-state index contributed by atoms with van der Waals surface area (Å²) < 4.78 is 0. The van der Waals surface area contributed by atoms with Crippen molar-refractivity contribution in [3.63, 3.8) is 0 Å². The molecule has 0 aromatic carbocycles. The number of aromatic nitrogens is 1. The summed E-state index contributed by atoms with van der Waals surface area (Å²) in [4.78, 5) is 20.7. The van der Waals surface area contributed by atoms with Crippen molar-refractivity contribution >= 4 is 11.7 Å². The van der Waals surface area contributed by atoms with E-state index in [2.05, 4.69) is 35.1 Å². The zero-order valence-electron chi connectivity index (χ0n) is 14.0. The molecule has 0 spiro atoms. The minimum Gasteiger partial charge on any atom is -0.370 e. The van der Waals surface area contributed by atoms with Gasteiger partial charge in [0.25, 0.3) is 0 Å².